The summed E-state index contributed by atoms with van der Waals surface area (Å²) < 4.78 is 13.8. The lowest BCUT2D eigenvalue weighted by molar-refractivity contribution is -0.127. The maximum Gasteiger partial charge on any atom is 0.348 e. The first-order chi connectivity index (χ1) is 14.7. The van der Waals surface area contributed by atoms with Crippen molar-refractivity contribution in [2.24, 2.45) is 0 Å². The molecule has 1 heterocycles. The van der Waals surface area contributed by atoms with Gasteiger partial charge in [-0.2, -0.15) is 4.98 Å². The number of aromatic amines is 1. The molecule has 0 radical (unpaired) electrons. The lowest BCUT2D eigenvalue weighted by Crippen LogP contribution is -2.32. The molecule has 0 atom stereocenters. The van der Waals surface area contributed by atoms with E-state index >= 15 is 0 Å². The molecule has 0 aliphatic heterocycles. The number of carbonyl (C=O) groups is 1. The van der Waals surface area contributed by atoms with Gasteiger partial charge in [-0.3, -0.25) is 9.78 Å². The predicted molar refractivity (Wildman–Crippen MR) is 118 cm³/mol. The molecule has 160 valence electrons. The molecule has 3 aromatic rings. The standard InChI is InChI=1S/C23H22ClFN4O2/c1-13(2)15-4-3-5-16(11-15)19-27-20(29-22(31)28-19)17-10-14(6-7-18(17)24)12-26-21(30)23(25)8-9-23/h3-7,10-11,13H,8-9,12H2,1-2H3,(H,26,30)(H,27,28,29,31). The minimum Gasteiger partial charge on any atom is -0.349 e. The van der Waals surface area contributed by atoms with Crippen LogP contribution < -0.4 is 11.0 Å². The van der Waals surface area contributed by atoms with Crippen LogP contribution in [0.25, 0.3) is 22.8 Å². The highest BCUT2D eigenvalue weighted by Gasteiger charge is 2.50. The van der Waals surface area contributed by atoms with Crippen molar-refractivity contribution >= 4 is 17.5 Å². The number of H-pyrrole nitrogens is 1. The summed E-state index contributed by atoms with van der Waals surface area (Å²) >= 11 is 6.36. The Morgan fingerprint density at radius 3 is 2.71 bits per heavy atom. The fourth-order valence-corrected chi connectivity index (χ4v) is 3.43. The molecule has 0 bridgehead atoms. The van der Waals surface area contributed by atoms with Gasteiger partial charge in [-0.1, -0.05) is 49.7 Å². The Bertz CT molecular complexity index is 1200. The molecule has 8 heteroatoms. The second-order valence-electron chi connectivity index (χ2n) is 8.07. The van der Waals surface area contributed by atoms with Crippen LogP contribution >= 0.6 is 11.6 Å². The molecule has 0 saturated heterocycles. The van der Waals surface area contributed by atoms with Gasteiger partial charge in [0.1, 0.15) is 5.82 Å². The Kier molecular flexibility index (Phi) is 5.62. The van der Waals surface area contributed by atoms with Crippen LogP contribution in [0.1, 0.15) is 43.7 Å². The summed E-state index contributed by atoms with van der Waals surface area (Å²) in [6, 6.07) is 12.8. The van der Waals surface area contributed by atoms with Crippen LogP contribution in [0.3, 0.4) is 0 Å². The summed E-state index contributed by atoms with van der Waals surface area (Å²) in [6.45, 7) is 4.32. The maximum absolute atomic E-state index is 13.8. The van der Waals surface area contributed by atoms with Crippen LogP contribution in [0.4, 0.5) is 4.39 Å². The van der Waals surface area contributed by atoms with Gasteiger partial charge in [-0.15, -0.1) is 0 Å². The van der Waals surface area contributed by atoms with E-state index in [1.54, 1.807) is 18.2 Å². The van der Waals surface area contributed by atoms with Gasteiger partial charge in [0.05, 0.1) is 5.02 Å². The largest absolute Gasteiger partial charge is 0.349 e. The molecule has 1 amide bonds. The number of rotatable bonds is 6. The second-order valence-corrected chi connectivity index (χ2v) is 8.48. The van der Waals surface area contributed by atoms with Crippen molar-refractivity contribution < 1.29 is 9.18 Å². The van der Waals surface area contributed by atoms with Crippen molar-refractivity contribution in [3.05, 3.63) is 69.1 Å². The molecule has 0 spiro atoms. The van der Waals surface area contributed by atoms with E-state index in [0.717, 1.165) is 11.1 Å². The number of benzene rings is 2. The van der Waals surface area contributed by atoms with Crippen molar-refractivity contribution in [2.75, 3.05) is 0 Å². The first-order valence-corrected chi connectivity index (χ1v) is 10.5. The van der Waals surface area contributed by atoms with Gasteiger partial charge in [0, 0.05) is 17.7 Å². The highest BCUT2D eigenvalue weighted by molar-refractivity contribution is 6.33. The van der Waals surface area contributed by atoms with E-state index < -0.39 is 17.3 Å². The number of hydrogen-bond donors (Lipinski definition) is 2. The lowest BCUT2D eigenvalue weighted by Gasteiger charge is -2.11. The normalized spacial score (nSPS) is 14.5. The lowest BCUT2D eigenvalue weighted by atomic mass is 10.0. The molecular formula is C23H22ClFN4O2. The number of nitrogens with one attached hydrogen (secondary N) is 2. The average molecular weight is 441 g/mol. The number of halogens is 2. The Morgan fingerprint density at radius 2 is 2.00 bits per heavy atom. The van der Waals surface area contributed by atoms with Crippen molar-refractivity contribution in [2.45, 2.75) is 44.8 Å². The number of carbonyl (C=O) groups excluding carboxylic acids is 1. The van der Waals surface area contributed by atoms with E-state index in [-0.39, 0.29) is 25.2 Å². The zero-order chi connectivity index (χ0) is 22.2. The molecule has 2 aromatic carbocycles. The van der Waals surface area contributed by atoms with Crippen LogP contribution in [-0.4, -0.2) is 26.5 Å². The third-order valence-electron chi connectivity index (χ3n) is 5.30. The van der Waals surface area contributed by atoms with Gasteiger partial charge >= 0.3 is 5.69 Å². The number of nitrogens with zero attached hydrogens (tertiary/aromatic N) is 2. The molecule has 31 heavy (non-hydrogen) atoms. The molecule has 2 N–H and O–H groups in total. The quantitative estimate of drug-likeness (QED) is 0.595. The van der Waals surface area contributed by atoms with Crippen LogP contribution in [-0.2, 0) is 11.3 Å². The Hall–Kier alpha value is -3.06. The number of amides is 1. The zero-order valence-corrected chi connectivity index (χ0v) is 18.0. The number of alkyl halides is 1. The minimum atomic E-state index is -1.73. The highest BCUT2D eigenvalue weighted by atomic mass is 35.5. The molecule has 1 aliphatic carbocycles. The third-order valence-corrected chi connectivity index (χ3v) is 5.63. The van der Waals surface area contributed by atoms with Gasteiger partial charge in [0.2, 0.25) is 0 Å². The van der Waals surface area contributed by atoms with E-state index in [0.29, 0.717) is 27.9 Å². The van der Waals surface area contributed by atoms with Crippen LogP contribution in [0, 0.1) is 0 Å². The topological polar surface area (TPSA) is 87.7 Å². The molecular weight excluding hydrogens is 419 g/mol. The molecule has 1 saturated carbocycles. The first kappa shape index (κ1) is 21.2. The average Bonchev–Trinajstić information content (AvgIpc) is 3.51. The summed E-state index contributed by atoms with van der Waals surface area (Å²) in [5.41, 5.74) is 0.774. The molecule has 6 nitrogen and oxygen atoms in total. The van der Waals surface area contributed by atoms with Gasteiger partial charge in [-0.25, -0.2) is 14.2 Å². The summed E-state index contributed by atoms with van der Waals surface area (Å²) in [5, 5.41) is 2.99. The van der Waals surface area contributed by atoms with Crippen molar-refractivity contribution in [1.82, 2.24) is 20.3 Å². The van der Waals surface area contributed by atoms with Crippen molar-refractivity contribution in [3.63, 3.8) is 0 Å². The Balaban J connectivity index is 1.65. The second kappa shape index (κ2) is 8.23. The van der Waals surface area contributed by atoms with Crippen LogP contribution in [0.15, 0.2) is 47.3 Å². The predicted octanol–water partition coefficient (Wildman–Crippen LogP) is 4.39. The SMILES string of the molecule is CC(C)c1cccc(-c2nc(-c3cc(CNC(=O)C4(F)CC4)ccc3Cl)[nH]c(=O)n2)c1. The summed E-state index contributed by atoms with van der Waals surface area (Å²) in [6.07, 6.45) is 0.515. The molecule has 1 fully saturated rings. The monoisotopic (exact) mass is 440 g/mol. The van der Waals surface area contributed by atoms with Crippen LogP contribution in [0.5, 0.6) is 0 Å². The summed E-state index contributed by atoms with van der Waals surface area (Å²) in [4.78, 5) is 35.3. The van der Waals surface area contributed by atoms with E-state index in [2.05, 4.69) is 34.1 Å². The van der Waals surface area contributed by atoms with Gasteiger partial charge in [0.15, 0.2) is 11.5 Å². The summed E-state index contributed by atoms with van der Waals surface area (Å²) in [5.74, 6) is 0.282. The smallest absolute Gasteiger partial charge is 0.348 e. The van der Waals surface area contributed by atoms with E-state index in [1.165, 1.54) is 0 Å². The summed E-state index contributed by atoms with van der Waals surface area (Å²) in [7, 11) is 0. The fourth-order valence-electron chi connectivity index (χ4n) is 3.22. The van der Waals surface area contributed by atoms with Gasteiger partial charge in [0.25, 0.3) is 5.91 Å². The van der Waals surface area contributed by atoms with Crippen LogP contribution in [0.2, 0.25) is 5.02 Å². The minimum absolute atomic E-state index is 0.146. The van der Waals surface area contributed by atoms with Crippen molar-refractivity contribution in [3.8, 4) is 22.8 Å². The van der Waals surface area contributed by atoms with E-state index in [4.69, 9.17) is 11.6 Å². The van der Waals surface area contributed by atoms with Crippen molar-refractivity contribution in [1.29, 1.82) is 0 Å². The molecule has 4 rings (SSSR count). The highest BCUT2D eigenvalue weighted by Crippen LogP contribution is 2.39. The number of hydrogen-bond acceptors (Lipinski definition) is 4. The maximum atomic E-state index is 13.8. The molecule has 1 aliphatic rings. The molecule has 0 unspecified atom stereocenters. The molecule has 1 aromatic heterocycles. The zero-order valence-electron chi connectivity index (χ0n) is 17.2. The van der Waals surface area contributed by atoms with E-state index in [9.17, 15) is 14.0 Å². The van der Waals surface area contributed by atoms with Gasteiger partial charge in [-0.05, 0) is 48.1 Å². The third kappa shape index (κ3) is 4.66. The fraction of sp³-hybridized carbons (Fsp3) is 0.304. The Labute approximate surface area is 183 Å². The first-order valence-electron chi connectivity index (χ1n) is 10.1. The van der Waals surface area contributed by atoms with Gasteiger partial charge < -0.3 is 5.32 Å². The Morgan fingerprint density at radius 1 is 1.23 bits per heavy atom. The number of aromatic nitrogens is 3. The van der Waals surface area contributed by atoms with E-state index in [1.807, 2.05) is 24.3 Å².